The molecule has 1 aliphatic carbocycles. The summed E-state index contributed by atoms with van der Waals surface area (Å²) in [5.74, 6) is 0. The van der Waals surface area contributed by atoms with Crippen molar-refractivity contribution >= 4 is 101 Å². The quantitative estimate of drug-likeness (QED) is 0.179. The zero-order chi connectivity index (χ0) is 40.2. The minimum absolute atomic E-state index is 0.0476. The second-order valence-corrected chi connectivity index (χ2v) is 20.1. The molecule has 5 heteroatoms. The van der Waals surface area contributed by atoms with Gasteiger partial charge in [0.15, 0.2) is 0 Å². The maximum atomic E-state index is 4.12. The van der Waals surface area contributed by atoms with Crippen LogP contribution in [0.25, 0.3) is 21.5 Å². The molecule has 59 heavy (non-hydrogen) atoms. The Morgan fingerprint density at radius 3 is 2.02 bits per heavy atom. The van der Waals surface area contributed by atoms with Crippen molar-refractivity contribution in [3.05, 3.63) is 161 Å². The standard InChI is InChI=1S/C54H50BN3S/c1-53(2,3)36-25-27-38(28-26-36)57(45-22-13-17-34-15-7-9-19-40(34)45)39-29-30-43-47(33-39)58(46-23-14-18-35-16-8-10-20-41(35)46)48-32-37(54(4,5)6)31-44-50(48)55(43)52-51(56-44)42-21-11-12-24-49(42)59-52/h7-10,13-20,22-23,25-33,56H,11-12,21,24H2,1-6H3. The van der Waals surface area contributed by atoms with Gasteiger partial charge in [-0.2, -0.15) is 11.3 Å². The third-order valence-electron chi connectivity index (χ3n) is 13.1. The van der Waals surface area contributed by atoms with Gasteiger partial charge in [-0.05, 0) is 123 Å². The lowest BCUT2D eigenvalue weighted by atomic mass is 9.36. The normalized spacial score (nSPS) is 14.4. The first-order valence-corrected chi connectivity index (χ1v) is 22.2. The fraction of sp³-hybridized carbons (Fsp3) is 0.222. The Labute approximate surface area is 353 Å². The van der Waals surface area contributed by atoms with Crippen LogP contribution in [0.15, 0.2) is 140 Å². The number of nitrogens with zero attached hydrogens (tertiary/aromatic N) is 2. The van der Waals surface area contributed by atoms with Crippen molar-refractivity contribution in [1.82, 2.24) is 0 Å². The molecule has 290 valence electrons. The number of fused-ring (bicyclic) bond motifs is 8. The monoisotopic (exact) mass is 783 g/mol. The fourth-order valence-corrected chi connectivity index (χ4v) is 11.5. The van der Waals surface area contributed by atoms with Crippen LogP contribution in [-0.2, 0) is 23.7 Å². The number of aryl methyl sites for hydroxylation is 1. The van der Waals surface area contributed by atoms with Gasteiger partial charge in [-0.1, -0.05) is 133 Å². The fourth-order valence-electron chi connectivity index (χ4n) is 10.00. The van der Waals surface area contributed by atoms with E-state index in [2.05, 4.69) is 208 Å². The van der Waals surface area contributed by atoms with E-state index in [1.165, 1.54) is 102 Å². The second kappa shape index (κ2) is 13.4. The van der Waals surface area contributed by atoms with Gasteiger partial charge in [-0.15, -0.1) is 0 Å². The van der Waals surface area contributed by atoms with Gasteiger partial charge in [0.25, 0.3) is 6.71 Å². The smallest absolute Gasteiger partial charge is 0.264 e. The van der Waals surface area contributed by atoms with E-state index in [9.17, 15) is 0 Å². The molecule has 11 rings (SSSR count). The molecular formula is C54H50BN3S. The van der Waals surface area contributed by atoms with Crippen molar-refractivity contribution in [3.63, 3.8) is 0 Å². The highest BCUT2D eigenvalue weighted by Crippen LogP contribution is 2.48. The highest BCUT2D eigenvalue weighted by atomic mass is 32.1. The summed E-state index contributed by atoms with van der Waals surface area (Å²) in [7, 11) is 0. The maximum absolute atomic E-state index is 4.12. The summed E-state index contributed by atoms with van der Waals surface area (Å²) in [6.07, 6.45) is 4.88. The van der Waals surface area contributed by atoms with E-state index in [4.69, 9.17) is 0 Å². The molecule has 0 saturated carbocycles. The molecule has 7 aromatic carbocycles. The van der Waals surface area contributed by atoms with E-state index < -0.39 is 0 Å². The molecule has 0 spiro atoms. The number of nitrogens with one attached hydrogen (secondary N) is 1. The Morgan fingerprint density at radius 1 is 0.593 bits per heavy atom. The first-order valence-electron chi connectivity index (χ1n) is 21.4. The lowest BCUT2D eigenvalue weighted by molar-refractivity contribution is 0.590. The summed E-state index contributed by atoms with van der Waals surface area (Å²) in [4.78, 5) is 6.67. The number of benzene rings is 7. The lowest BCUT2D eigenvalue weighted by Gasteiger charge is -2.42. The molecule has 3 nitrogen and oxygen atoms in total. The topological polar surface area (TPSA) is 18.5 Å². The van der Waals surface area contributed by atoms with E-state index in [-0.39, 0.29) is 17.5 Å². The summed E-state index contributed by atoms with van der Waals surface area (Å²) in [6.45, 7) is 14.1. The van der Waals surface area contributed by atoms with E-state index in [0.717, 1.165) is 17.8 Å². The molecule has 1 N–H and O–H groups in total. The molecule has 0 radical (unpaired) electrons. The molecule has 1 aromatic heterocycles. The molecule has 3 aliphatic rings. The van der Waals surface area contributed by atoms with Crippen LogP contribution in [0.2, 0.25) is 0 Å². The summed E-state index contributed by atoms with van der Waals surface area (Å²) in [5, 5.41) is 9.08. The van der Waals surface area contributed by atoms with Crippen molar-refractivity contribution in [2.24, 2.45) is 0 Å². The van der Waals surface area contributed by atoms with Crippen LogP contribution in [0.5, 0.6) is 0 Å². The van der Waals surface area contributed by atoms with Gasteiger partial charge in [0, 0.05) is 54.6 Å². The van der Waals surface area contributed by atoms with E-state index >= 15 is 0 Å². The molecular weight excluding hydrogens is 733 g/mol. The molecule has 0 fully saturated rings. The number of anilines is 8. The average Bonchev–Trinajstić information content (AvgIpc) is 3.61. The minimum Gasteiger partial charge on any atom is -0.355 e. The summed E-state index contributed by atoms with van der Waals surface area (Å²) < 4.78 is 1.48. The first-order chi connectivity index (χ1) is 28.5. The van der Waals surface area contributed by atoms with Crippen LogP contribution in [0, 0.1) is 0 Å². The van der Waals surface area contributed by atoms with Crippen molar-refractivity contribution < 1.29 is 0 Å². The molecule has 3 heterocycles. The molecule has 0 atom stereocenters. The largest absolute Gasteiger partial charge is 0.355 e. The third-order valence-corrected chi connectivity index (χ3v) is 14.5. The van der Waals surface area contributed by atoms with Crippen molar-refractivity contribution in [2.45, 2.75) is 78.1 Å². The Balaban J connectivity index is 1.22. The van der Waals surface area contributed by atoms with E-state index in [1.807, 2.05) is 0 Å². The van der Waals surface area contributed by atoms with Crippen LogP contribution in [0.1, 0.15) is 76.0 Å². The molecule has 0 amide bonds. The number of hydrogen-bond acceptors (Lipinski definition) is 4. The highest BCUT2D eigenvalue weighted by Gasteiger charge is 2.44. The Morgan fingerprint density at radius 2 is 1.25 bits per heavy atom. The number of rotatable bonds is 4. The SMILES string of the molecule is CC(C)(C)c1ccc(N(c2ccc3c(c2)N(c2cccc4ccccc24)c2cc(C(C)(C)C)cc4c2B3c2sc3c(c2N4)CCCC3)c2cccc3ccccc23)cc1. The summed E-state index contributed by atoms with van der Waals surface area (Å²) in [6, 6.07) is 52.8. The minimum atomic E-state index is -0.0476. The predicted octanol–water partition coefficient (Wildman–Crippen LogP) is 13.4. The van der Waals surface area contributed by atoms with Gasteiger partial charge in [0.2, 0.25) is 0 Å². The van der Waals surface area contributed by atoms with Gasteiger partial charge >= 0.3 is 0 Å². The first kappa shape index (κ1) is 36.3. The molecule has 0 unspecified atom stereocenters. The summed E-state index contributed by atoms with van der Waals surface area (Å²) >= 11 is 2.07. The Hall–Kier alpha value is -5.78. The maximum Gasteiger partial charge on any atom is 0.264 e. The highest BCUT2D eigenvalue weighted by molar-refractivity contribution is 7.29. The zero-order valence-corrected chi connectivity index (χ0v) is 35.8. The van der Waals surface area contributed by atoms with Gasteiger partial charge in [-0.25, -0.2) is 0 Å². The lowest BCUT2D eigenvalue weighted by Crippen LogP contribution is -2.59. The second-order valence-electron chi connectivity index (χ2n) is 18.9. The third kappa shape index (κ3) is 5.84. The van der Waals surface area contributed by atoms with Crippen LogP contribution in [0.4, 0.5) is 45.5 Å². The van der Waals surface area contributed by atoms with Crippen LogP contribution in [0.3, 0.4) is 0 Å². The van der Waals surface area contributed by atoms with E-state index in [0.29, 0.717) is 0 Å². The average molecular weight is 784 g/mol. The summed E-state index contributed by atoms with van der Waals surface area (Å²) in [5.41, 5.74) is 16.8. The van der Waals surface area contributed by atoms with Gasteiger partial charge in [0.1, 0.15) is 0 Å². The molecule has 0 saturated heterocycles. The number of hydrogen-bond donors (Lipinski definition) is 1. The van der Waals surface area contributed by atoms with Crippen LogP contribution < -0.4 is 30.8 Å². The van der Waals surface area contributed by atoms with E-state index in [1.54, 1.807) is 10.4 Å². The molecule has 8 aromatic rings. The van der Waals surface area contributed by atoms with Crippen molar-refractivity contribution in [3.8, 4) is 0 Å². The van der Waals surface area contributed by atoms with Gasteiger partial charge in [0.05, 0.1) is 11.4 Å². The van der Waals surface area contributed by atoms with Gasteiger partial charge in [-0.3, -0.25) is 0 Å². The van der Waals surface area contributed by atoms with Crippen LogP contribution in [-0.4, -0.2) is 6.71 Å². The number of thiophene rings is 1. The van der Waals surface area contributed by atoms with Crippen molar-refractivity contribution in [2.75, 3.05) is 15.1 Å². The zero-order valence-electron chi connectivity index (χ0n) is 35.0. The van der Waals surface area contributed by atoms with Crippen molar-refractivity contribution in [1.29, 1.82) is 0 Å². The molecule has 0 bridgehead atoms. The predicted molar refractivity (Wildman–Crippen MR) is 257 cm³/mol. The van der Waals surface area contributed by atoms with Crippen LogP contribution >= 0.6 is 11.3 Å². The van der Waals surface area contributed by atoms with Gasteiger partial charge < -0.3 is 15.1 Å². The Kier molecular flexibility index (Phi) is 8.23. The molecule has 2 aliphatic heterocycles. The Bertz CT molecular complexity index is 2950.